The number of piperidine rings is 1. The molecule has 0 radical (unpaired) electrons. The molecular weight excluding hydrogens is 213 g/mol. The Hall–Kier alpha value is -1.05. The van der Waals surface area contributed by atoms with E-state index in [0.717, 1.165) is 43.6 Å². The van der Waals surface area contributed by atoms with Crippen LogP contribution in [-0.4, -0.2) is 13.1 Å². The number of halogens is 1. The number of aryl methyl sites for hydroxylation is 1. The van der Waals surface area contributed by atoms with Gasteiger partial charge in [-0.15, -0.1) is 0 Å². The van der Waals surface area contributed by atoms with Crippen LogP contribution in [0.1, 0.15) is 39.2 Å². The third-order valence-corrected chi connectivity index (χ3v) is 3.88. The highest BCUT2D eigenvalue weighted by atomic mass is 19.1. The van der Waals surface area contributed by atoms with Gasteiger partial charge >= 0.3 is 0 Å². The summed E-state index contributed by atoms with van der Waals surface area (Å²) in [5.41, 5.74) is 2.26. The van der Waals surface area contributed by atoms with Gasteiger partial charge in [0.1, 0.15) is 5.82 Å². The molecule has 1 saturated heterocycles. The predicted molar refractivity (Wildman–Crippen MR) is 71.0 cm³/mol. The van der Waals surface area contributed by atoms with E-state index in [4.69, 9.17) is 0 Å². The molecule has 1 fully saturated rings. The average molecular weight is 235 g/mol. The molecule has 2 rings (SSSR count). The first-order chi connectivity index (χ1) is 8.02. The lowest BCUT2D eigenvalue weighted by atomic mass is 9.82. The molecule has 0 unspecified atom stereocenters. The summed E-state index contributed by atoms with van der Waals surface area (Å²) in [6, 6.07) is 5.65. The van der Waals surface area contributed by atoms with E-state index in [2.05, 4.69) is 25.7 Å². The number of anilines is 1. The number of hydrogen-bond acceptors (Lipinski definition) is 1. The Bertz CT molecular complexity index is 388. The van der Waals surface area contributed by atoms with E-state index in [9.17, 15) is 4.39 Å². The Morgan fingerprint density at radius 3 is 2.41 bits per heavy atom. The lowest BCUT2D eigenvalue weighted by Crippen LogP contribution is -2.37. The number of nitrogens with zero attached hydrogens (tertiary/aromatic N) is 1. The van der Waals surface area contributed by atoms with E-state index >= 15 is 0 Å². The van der Waals surface area contributed by atoms with Crippen LogP contribution in [0.2, 0.25) is 0 Å². The van der Waals surface area contributed by atoms with Crippen LogP contribution in [-0.2, 0) is 6.42 Å². The van der Waals surface area contributed by atoms with E-state index in [1.165, 1.54) is 0 Å². The van der Waals surface area contributed by atoms with Gasteiger partial charge in [-0.1, -0.05) is 26.8 Å². The lowest BCUT2D eigenvalue weighted by Gasteiger charge is -2.38. The summed E-state index contributed by atoms with van der Waals surface area (Å²) < 4.78 is 14.0. The third kappa shape index (κ3) is 2.80. The molecule has 17 heavy (non-hydrogen) atoms. The molecule has 1 aromatic rings. The smallest absolute Gasteiger partial charge is 0.146 e. The van der Waals surface area contributed by atoms with Crippen LogP contribution < -0.4 is 4.90 Å². The zero-order valence-electron chi connectivity index (χ0n) is 11.1. The fourth-order valence-corrected chi connectivity index (χ4v) is 2.38. The summed E-state index contributed by atoms with van der Waals surface area (Å²) in [7, 11) is 0. The molecule has 1 aliphatic rings. The molecule has 1 aliphatic heterocycles. The van der Waals surface area contributed by atoms with Crippen LogP contribution in [0.3, 0.4) is 0 Å². The molecule has 0 aliphatic carbocycles. The molecule has 0 spiro atoms. The van der Waals surface area contributed by atoms with Gasteiger partial charge in [0.25, 0.3) is 0 Å². The van der Waals surface area contributed by atoms with Crippen LogP contribution in [0.5, 0.6) is 0 Å². The Kier molecular flexibility index (Phi) is 3.41. The number of hydrogen-bond donors (Lipinski definition) is 0. The van der Waals surface area contributed by atoms with Gasteiger partial charge in [-0.25, -0.2) is 4.39 Å². The summed E-state index contributed by atoms with van der Waals surface area (Å²) in [6.45, 7) is 8.57. The summed E-state index contributed by atoms with van der Waals surface area (Å²) >= 11 is 0. The first-order valence-electron chi connectivity index (χ1n) is 6.55. The van der Waals surface area contributed by atoms with E-state index < -0.39 is 0 Å². The largest absolute Gasteiger partial charge is 0.369 e. The highest BCUT2D eigenvalue weighted by Gasteiger charge is 2.26. The van der Waals surface area contributed by atoms with Crippen molar-refractivity contribution in [3.63, 3.8) is 0 Å². The van der Waals surface area contributed by atoms with E-state index in [1.807, 2.05) is 12.1 Å². The molecule has 0 atom stereocenters. The maximum absolute atomic E-state index is 14.0. The van der Waals surface area contributed by atoms with Gasteiger partial charge in [0.05, 0.1) is 5.69 Å². The molecule has 94 valence electrons. The highest BCUT2D eigenvalue weighted by molar-refractivity contribution is 5.49. The number of benzene rings is 1. The summed E-state index contributed by atoms with van der Waals surface area (Å²) in [4.78, 5) is 2.18. The van der Waals surface area contributed by atoms with Gasteiger partial charge in [-0.05, 0) is 42.4 Å². The maximum Gasteiger partial charge on any atom is 0.146 e. The number of rotatable bonds is 2. The van der Waals surface area contributed by atoms with Crippen molar-refractivity contribution in [3.05, 3.63) is 29.6 Å². The van der Waals surface area contributed by atoms with Gasteiger partial charge in [0.2, 0.25) is 0 Å². The second-order valence-corrected chi connectivity index (χ2v) is 5.79. The molecule has 2 heteroatoms. The molecule has 1 aromatic carbocycles. The molecule has 0 N–H and O–H groups in total. The second kappa shape index (κ2) is 4.67. The van der Waals surface area contributed by atoms with Crippen molar-refractivity contribution in [1.29, 1.82) is 0 Å². The SMILES string of the molecule is CCc1ccc(N2CCC(C)(C)CC2)c(F)c1. The minimum Gasteiger partial charge on any atom is -0.369 e. The standard InChI is InChI=1S/C15H22FN/c1-4-12-5-6-14(13(16)11-12)17-9-7-15(2,3)8-10-17/h5-6,11H,4,7-10H2,1-3H3. The molecule has 0 saturated carbocycles. The van der Waals surface area contributed by atoms with Gasteiger partial charge in [0, 0.05) is 13.1 Å². The van der Waals surface area contributed by atoms with Crippen molar-refractivity contribution in [2.45, 2.75) is 40.0 Å². The topological polar surface area (TPSA) is 3.24 Å². The molecular formula is C15H22FN. The van der Waals surface area contributed by atoms with Crippen molar-refractivity contribution in [2.24, 2.45) is 5.41 Å². The quantitative estimate of drug-likeness (QED) is 0.748. The van der Waals surface area contributed by atoms with Crippen LogP contribution in [0.4, 0.5) is 10.1 Å². The van der Waals surface area contributed by atoms with E-state index in [-0.39, 0.29) is 5.82 Å². The fourth-order valence-electron chi connectivity index (χ4n) is 2.38. The van der Waals surface area contributed by atoms with E-state index in [0.29, 0.717) is 5.41 Å². The minimum atomic E-state index is -0.0657. The van der Waals surface area contributed by atoms with Crippen molar-refractivity contribution in [1.82, 2.24) is 0 Å². The third-order valence-electron chi connectivity index (χ3n) is 3.88. The minimum absolute atomic E-state index is 0.0657. The van der Waals surface area contributed by atoms with Crippen molar-refractivity contribution in [2.75, 3.05) is 18.0 Å². The average Bonchev–Trinajstić information content (AvgIpc) is 2.29. The summed E-state index contributed by atoms with van der Waals surface area (Å²) in [6.07, 6.45) is 3.17. The van der Waals surface area contributed by atoms with Gasteiger partial charge in [0.15, 0.2) is 0 Å². The second-order valence-electron chi connectivity index (χ2n) is 5.79. The Morgan fingerprint density at radius 1 is 1.24 bits per heavy atom. The van der Waals surface area contributed by atoms with E-state index in [1.54, 1.807) is 6.07 Å². The summed E-state index contributed by atoms with van der Waals surface area (Å²) in [5, 5.41) is 0. The van der Waals surface area contributed by atoms with Crippen LogP contribution >= 0.6 is 0 Å². The van der Waals surface area contributed by atoms with Gasteiger partial charge < -0.3 is 4.90 Å². The maximum atomic E-state index is 14.0. The predicted octanol–water partition coefficient (Wildman–Crippen LogP) is 4.01. The monoisotopic (exact) mass is 235 g/mol. The molecule has 1 nitrogen and oxygen atoms in total. The molecule has 0 bridgehead atoms. The van der Waals surface area contributed by atoms with Crippen LogP contribution in [0.25, 0.3) is 0 Å². The Morgan fingerprint density at radius 2 is 1.88 bits per heavy atom. The van der Waals surface area contributed by atoms with Crippen LogP contribution in [0, 0.1) is 11.2 Å². The molecule has 1 heterocycles. The normalized spacial score (nSPS) is 19.4. The first kappa shape index (κ1) is 12.4. The Labute approximate surface area is 104 Å². The first-order valence-corrected chi connectivity index (χ1v) is 6.55. The molecule has 0 amide bonds. The zero-order chi connectivity index (χ0) is 12.5. The van der Waals surface area contributed by atoms with Crippen molar-refractivity contribution >= 4 is 5.69 Å². The van der Waals surface area contributed by atoms with Gasteiger partial charge in [-0.3, -0.25) is 0 Å². The zero-order valence-corrected chi connectivity index (χ0v) is 11.1. The highest BCUT2D eigenvalue weighted by Crippen LogP contribution is 2.33. The lowest BCUT2D eigenvalue weighted by molar-refractivity contribution is 0.279. The van der Waals surface area contributed by atoms with Crippen molar-refractivity contribution in [3.8, 4) is 0 Å². The fraction of sp³-hybridized carbons (Fsp3) is 0.600. The molecule has 0 aromatic heterocycles. The Balaban J connectivity index is 2.13. The summed E-state index contributed by atoms with van der Waals surface area (Å²) in [5.74, 6) is -0.0657. The van der Waals surface area contributed by atoms with Crippen molar-refractivity contribution < 1.29 is 4.39 Å². The van der Waals surface area contributed by atoms with Gasteiger partial charge in [-0.2, -0.15) is 0 Å². The van der Waals surface area contributed by atoms with Crippen LogP contribution in [0.15, 0.2) is 18.2 Å².